The maximum atomic E-state index is 12.5. The maximum Gasteiger partial charge on any atom is 0.394 e. The van der Waals surface area contributed by atoms with Gasteiger partial charge in [-0.05, 0) is 29.7 Å². The Kier molecular flexibility index (Phi) is 2.55. The summed E-state index contributed by atoms with van der Waals surface area (Å²) in [5.74, 6) is -1.67. The van der Waals surface area contributed by atoms with E-state index in [9.17, 15) is 18.3 Å². The van der Waals surface area contributed by atoms with E-state index in [4.69, 9.17) is 0 Å². The summed E-state index contributed by atoms with van der Waals surface area (Å²) in [6.07, 6.45) is -5.90. The van der Waals surface area contributed by atoms with Gasteiger partial charge in [0.2, 0.25) is 0 Å². The molecule has 2 rings (SSSR count). The molecule has 0 saturated heterocycles. The quantitative estimate of drug-likeness (QED) is 0.774. The van der Waals surface area contributed by atoms with Crippen LogP contribution in [0.4, 0.5) is 13.2 Å². The molecule has 0 saturated carbocycles. The fourth-order valence-corrected chi connectivity index (χ4v) is 2.31. The zero-order valence-electron chi connectivity index (χ0n) is 7.55. The van der Waals surface area contributed by atoms with Crippen molar-refractivity contribution in [3.8, 4) is 0 Å². The number of hydrogen-bond acceptors (Lipinski definition) is 1. The number of benzene rings is 1. The monoisotopic (exact) mass is 280 g/mol. The Morgan fingerprint density at radius 2 is 2.00 bits per heavy atom. The van der Waals surface area contributed by atoms with Gasteiger partial charge >= 0.3 is 6.18 Å². The normalized spacial score (nSPS) is 25.4. The van der Waals surface area contributed by atoms with Crippen molar-refractivity contribution in [2.75, 3.05) is 0 Å². The van der Waals surface area contributed by atoms with Crippen LogP contribution in [0, 0.1) is 5.92 Å². The maximum absolute atomic E-state index is 12.5. The van der Waals surface area contributed by atoms with E-state index in [-0.39, 0.29) is 6.42 Å². The van der Waals surface area contributed by atoms with E-state index in [1.165, 1.54) is 6.07 Å². The molecule has 1 aliphatic carbocycles. The average molecular weight is 281 g/mol. The molecule has 1 nitrogen and oxygen atoms in total. The minimum atomic E-state index is -4.34. The van der Waals surface area contributed by atoms with E-state index in [0.29, 0.717) is 11.1 Å². The summed E-state index contributed by atoms with van der Waals surface area (Å²) in [6.45, 7) is 0. The van der Waals surface area contributed by atoms with Gasteiger partial charge in [0.15, 0.2) is 0 Å². The standard InChI is InChI=1S/C10H8BrF3O/c11-6-1-2-7-5(3-6)4-8(9(7)15)10(12,13)14/h1-3,8-9,15H,4H2/t8-,9+/m1/s1. The molecule has 15 heavy (non-hydrogen) atoms. The van der Waals surface area contributed by atoms with E-state index in [0.717, 1.165) is 4.47 Å². The van der Waals surface area contributed by atoms with Crippen LogP contribution in [-0.4, -0.2) is 11.3 Å². The van der Waals surface area contributed by atoms with E-state index < -0.39 is 18.2 Å². The molecule has 0 unspecified atom stereocenters. The van der Waals surface area contributed by atoms with E-state index in [2.05, 4.69) is 15.9 Å². The lowest BCUT2D eigenvalue weighted by Crippen LogP contribution is -2.26. The zero-order valence-corrected chi connectivity index (χ0v) is 9.14. The van der Waals surface area contributed by atoms with Gasteiger partial charge in [-0.3, -0.25) is 0 Å². The minimum absolute atomic E-state index is 0.139. The molecular formula is C10H8BrF3O. The molecule has 0 heterocycles. The third-order valence-corrected chi connectivity index (χ3v) is 3.16. The number of hydrogen-bond donors (Lipinski definition) is 1. The lowest BCUT2D eigenvalue weighted by molar-refractivity contribution is -0.196. The van der Waals surface area contributed by atoms with Crippen molar-refractivity contribution in [1.29, 1.82) is 0 Å². The Balaban J connectivity index is 2.37. The summed E-state index contributed by atoms with van der Waals surface area (Å²) in [7, 11) is 0. The Hall–Kier alpha value is -0.550. The summed E-state index contributed by atoms with van der Waals surface area (Å²) < 4.78 is 38.2. The van der Waals surface area contributed by atoms with Gasteiger partial charge in [-0.1, -0.05) is 22.0 Å². The predicted octanol–water partition coefficient (Wildman–Crippen LogP) is 3.22. The smallest absolute Gasteiger partial charge is 0.388 e. The highest BCUT2D eigenvalue weighted by Gasteiger charge is 2.48. The molecule has 5 heteroatoms. The number of aliphatic hydroxyl groups is 1. The van der Waals surface area contributed by atoms with Crippen LogP contribution in [0.1, 0.15) is 17.2 Å². The molecule has 0 aliphatic heterocycles. The molecular weight excluding hydrogens is 273 g/mol. The number of alkyl halides is 3. The van der Waals surface area contributed by atoms with Crippen LogP contribution in [0.2, 0.25) is 0 Å². The first-order valence-electron chi connectivity index (χ1n) is 4.42. The van der Waals surface area contributed by atoms with Crippen LogP contribution in [0.15, 0.2) is 22.7 Å². The summed E-state index contributed by atoms with van der Waals surface area (Å²) in [5, 5.41) is 9.53. The molecule has 82 valence electrons. The van der Waals surface area contributed by atoms with Gasteiger partial charge in [-0.15, -0.1) is 0 Å². The summed E-state index contributed by atoms with van der Waals surface area (Å²) >= 11 is 3.19. The van der Waals surface area contributed by atoms with Crippen molar-refractivity contribution in [3.63, 3.8) is 0 Å². The van der Waals surface area contributed by atoms with Crippen molar-refractivity contribution in [1.82, 2.24) is 0 Å². The molecule has 1 aromatic carbocycles. The molecule has 1 aliphatic rings. The Morgan fingerprint density at radius 1 is 1.33 bits per heavy atom. The number of rotatable bonds is 0. The van der Waals surface area contributed by atoms with Crippen molar-refractivity contribution >= 4 is 15.9 Å². The van der Waals surface area contributed by atoms with Crippen LogP contribution in [0.5, 0.6) is 0 Å². The molecule has 1 N–H and O–H groups in total. The van der Waals surface area contributed by atoms with Crippen molar-refractivity contribution in [3.05, 3.63) is 33.8 Å². The fraction of sp³-hybridized carbons (Fsp3) is 0.400. The highest BCUT2D eigenvalue weighted by atomic mass is 79.9. The minimum Gasteiger partial charge on any atom is -0.388 e. The Morgan fingerprint density at radius 3 is 2.60 bits per heavy atom. The SMILES string of the molecule is O[C@H]1c2ccc(Br)cc2C[C@H]1C(F)(F)F. The predicted molar refractivity (Wildman–Crippen MR) is 52.4 cm³/mol. The fourth-order valence-electron chi connectivity index (χ4n) is 1.90. The molecule has 2 atom stereocenters. The van der Waals surface area contributed by atoms with Gasteiger partial charge in [0.05, 0.1) is 12.0 Å². The number of halogens is 4. The van der Waals surface area contributed by atoms with Crippen LogP contribution < -0.4 is 0 Å². The van der Waals surface area contributed by atoms with Gasteiger partial charge in [0.1, 0.15) is 0 Å². The van der Waals surface area contributed by atoms with Crippen LogP contribution >= 0.6 is 15.9 Å². The molecule has 0 amide bonds. The van der Waals surface area contributed by atoms with Gasteiger partial charge in [-0.25, -0.2) is 0 Å². The third kappa shape index (κ3) is 1.90. The van der Waals surface area contributed by atoms with E-state index in [1.807, 2.05) is 0 Å². The van der Waals surface area contributed by atoms with Crippen molar-refractivity contribution < 1.29 is 18.3 Å². The molecule has 0 fully saturated rings. The van der Waals surface area contributed by atoms with Crippen molar-refractivity contribution in [2.45, 2.75) is 18.7 Å². The first kappa shape index (κ1) is 11.0. The molecule has 0 spiro atoms. The Bertz CT molecular complexity index is 389. The zero-order chi connectivity index (χ0) is 11.2. The molecule has 0 bridgehead atoms. The van der Waals surface area contributed by atoms with Gasteiger partial charge in [0, 0.05) is 4.47 Å². The molecule has 1 aromatic rings. The van der Waals surface area contributed by atoms with Crippen molar-refractivity contribution in [2.24, 2.45) is 5.92 Å². The van der Waals surface area contributed by atoms with Crippen LogP contribution in [0.25, 0.3) is 0 Å². The third-order valence-electron chi connectivity index (χ3n) is 2.67. The summed E-state index contributed by atoms with van der Waals surface area (Å²) in [4.78, 5) is 0. The summed E-state index contributed by atoms with van der Waals surface area (Å²) in [6, 6.07) is 4.81. The molecule has 0 radical (unpaired) electrons. The molecule has 0 aromatic heterocycles. The van der Waals surface area contributed by atoms with E-state index >= 15 is 0 Å². The van der Waals surface area contributed by atoms with Crippen LogP contribution in [-0.2, 0) is 6.42 Å². The highest BCUT2D eigenvalue weighted by Crippen LogP contribution is 2.45. The Labute approximate surface area is 93.0 Å². The van der Waals surface area contributed by atoms with E-state index in [1.54, 1.807) is 12.1 Å². The second-order valence-corrected chi connectivity index (χ2v) is 4.56. The first-order chi connectivity index (χ1) is 6.89. The van der Waals surface area contributed by atoms with Crippen LogP contribution in [0.3, 0.4) is 0 Å². The summed E-state index contributed by atoms with van der Waals surface area (Å²) in [5.41, 5.74) is 0.958. The lowest BCUT2D eigenvalue weighted by Gasteiger charge is -2.18. The second-order valence-electron chi connectivity index (χ2n) is 3.64. The highest BCUT2D eigenvalue weighted by molar-refractivity contribution is 9.10. The average Bonchev–Trinajstić information content (AvgIpc) is 2.42. The second kappa shape index (κ2) is 3.49. The lowest BCUT2D eigenvalue weighted by atomic mass is 10.0. The topological polar surface area (TPSA) is 20.2 Å². The van der Waals surface area contributed by atoms with Gasteiger partial charge in [-0.2, -0.15) is 13.2 Å². The number of aliphatic hydroxyl groups excluding tert-OH is 1. The largest absolute Gasteiger partial charge is 0.394 e. The van der Waals surface area contributed by atoms with Gasteiger partial charge < -0.3 is 5.11 Å². The first-order valence-corrected chi connectivity index (χ1v) is 5.22. The van der Waals surface area contributed by atoms with Gasteiger partial charge in [0.25, 0.3) is 0 Å². The number of fused-ring (bicyclic) bond motifs is 1.